The van der Waals surface area contributed by atoms with Crippen molar-refractivity contribution < 1.29 is 9.90 Å². The summed E-state index contributed by atoms with van der Waals surface area (Å²) in [4.78, 5) is 15.2. The van der Waals surface area contributed by atoms with E-state index >= 15 is 0 Å². The summed E-state index contributed by atoms with van der Waals surface area (Å²) in [6.45, 7) is 7.58. The van der Waals surface area contributed by atoms with Gasteiger partial charge in [0.15, 0.2) is 0 Å². The second kappa shape index (κ2) is 5.37. The van der Waals surface area contributed by atoms with Crippen LogP contribution in [0, 0.1) is 16.7 Å². The van der Waals surface area contributed by atoms with E-state index in [1.54, 1.807) is 32.2 Å². The van der Waals surface area contributed by atoms with Gasteiger partial charge in [0, 0.05) is 18.3 Å². The van der Waals surface area contributed by atoms with E-state index in [2.05, 4.69) is 10.3 Å². The van der Waals surface area contributed by atoms with Crippen molar-refractivity contribution >= 4 is 5.97 Å². The van der Waals surface area contributed by atoms with Crippen LogP contribution in [0.25, 0.3) is 0 Å². The maximum absolute atomic E-state index is 11.3. The molecule has 2 N–H and O–H groups in total. The lowest BCUT2D eigenvalue weighted by atomic mass is 9.74. The SMILES string of the molecule is CC(C)(NCc1ccnc(C#N)c1)C(C)(C)C(=O)O. The average molecular weight is 261 g/mol. The van der Waals surface area contributed by atoms with Crippen molar-refractivity contribution in [3.8, 4) is 6.07 Å². The number of carboxylic acids is 1. The molecule has 0 bridgehead atoms. The Kier molecular flexibility index (Phi) is 4.28. The highest BCUT2D eigenvalue weighted by Crippen LogP contribution is 2.30. The van der Waals surface area contributed by atoms with Gasteiger partial charge in [-0.05, 0) is 45.4 Å². The van der Waals surface area contributed by atoms with Gasteiger partial charge in [0.1, 0.15) is 11.8 Å². The summed E-state index contributed by atoms with van der Waals surface area (Å²) in [5, 5.41) is 21.3. The van der Waals surface area contributed by atoms with E-state index in [9.17, 15) is 9.90 Å². The van der Waals surface area contributed by atoms with Gasteiger partial charge in [-0.1, -0.05) is 0 Å². The van der Waals surface area contributed by atoms with Crippen molar-refractivity contribution in [2.75, 3.05) is 0 Å². The fourth-order valence-electron chi connectivity index (χ4n) is 1.46. The van der Waals surface area contributed by atoms with Crippen LogP contribution in [0.5, 0.6) is 0 Å². The van der Waals surface area contributed by atoms with Crippen molar-refractivity contribution in [3.05, 3.63) is 29.6 Å². The van der Waals surface area contributed by atoms with Crippen LogP contribution in [0.15, 0.2) is 18.3 Å². The first-order valence-electron chi connectivity index (χ1n) is 6.04. The Morgan fingerprint density at radius 3 is 2.63 bits per heavy atom. The second-order valence-corrected chi connectivity index (χ2v) is 5.57. The molecule has 0 aliphatic carbocycles. The van der Waals surface area contributed by atoms with Gasteiger partial charge in [-0.15, -0.1) is 0 Å². The number of aliphatic carboxylic acids is 1. The van der Waals surface area contributed by atoms with E-state index in [0.717, 1.165) is 5.56 Å². The monoisotopic (exact) mass is 261 g/mol. The zero-order valence-corrected chi connectivity index (χ0v) is 11.7. The van der Waals surface area contributed by atoms with Gasteiger partial charge in [0.05, 0.1) is 5.41 Å². The molecule has 0 spiro atoms. The molecule has 5 heteroatoms. The summed E-state index contributed by atoms with van der Waals surface area (Å²) < 4.78 is 0. The lowest BCUT2D eigenvalue weighted by molar-refractivity contribution is -0.151. The third-order valence-electron chi connectivity index (χ3n) is 3.77. The fourth-order valence-corrected chi connectivity index (χ4v) is 1.46. The van der Waals surface area contributed by atoms with E-state index in [4.69, 9.17) is 5.26 Å². The molecule has 0 fully saturated rings. The van der Waals surface area contributed by atoms with Crippen LogP contribution in [-0.4, -0.2) is 21.6 Å². The maximum atomic E-state index is 11.3. The Morgan fingerprint density at radius 1 is 1.47 bits per heavy atom. The molecule has 5 nitrogen and oxygen atoms in total. The van der Waals surface area contributed by atoms with Gasteiger partial charge < -0.3 is 10.4 Å². The predicted molar refractivity (Wildman–Crippen MR) is 71.3 cm³/mol. The predicted octanol–water partition coefficient (Wildman–Crippen LogP) is 1.93. The molecule has 0 aliphatic rings. The summed E-state index contributed by atoms with van der Waals surface area (Å²) >= 11 is 0. The zero-order chi connectivity index (χ0) is 14.7. The van der Waals surface area contributed by atoms with Crippen LogP contribution < -0.4 is 5.32 Å². The Labute approximate surface area is 113 Å². The number of carboxylic acid groups (broad SMARTS) is 1. The normalized spacial score (nSPS) is 11.9. The van der Waals surface area contributed by atoms with E-state index in [0.29, 0.717) is 12.2 Å². The number of pyridine rings is 1. The lowest BCUT2D eigenvalue weighted by Gasteiger charge is -2.39. The fraction of sp³-hybridized carbons (Fsp3) is 0.500. The van der Waals surface area contributed by atoms with Crippen molar-refractivity contribution in [2.45, 2.75) is 39.8 Å². The average Bonchev–Trinajstić information content (AvgIpc) is 2.36. The molecule has 102 valence electrons. The Bertz CT molecular complexity index is 516. The Hall–Kier alpha value is -1.93. The number of nitriles is 1. The lowest BCUT2D eigenvalue weighted by Crippen LogP contribution is -2.54. The quantitative estimate of drug-likeness (QED) is 0.845. The molecule has 1 heterocycles. The summed E-state index contributed by atoms with van der Waals surface area (Å²) in [7, 11) is 0. The largest absolute Gasteiger partial charge is 0.481 e. The first-order chi connectivity index (χ1) is 8.70. The molecule has 0 aliphatic heterocycles. The maximum Gasteiger partial charge on any atom is 0.310 e. The van der Waals surface area contributed by atoms with Crippen LogP contribution in [0.2, 0.25) is 0 Å². The Balaban J connectivity index is 2.81. The van der Waals surface area contributed by atoms with Gasteiger partial charge in [-0.2, -0.15) is 5.26 Å². The molecule has 0 aromatic carbocycles. The van der Waals surface area contributed by atoms with Gasteiger partial charge in [-0.3, -0.25) is 4.79 Å². The van der Waals surface area contributed by atoms with E-state index < -0.39 is 16.9 Å². The standard InChI is InChI=1S/C14H19N3O2/c1-13(2,12(18)19)14(3,4)17-9-10-5-6-16-11(7-10)8-15/h5-7,17H,9H2,1-4H3,(H,18,19). The van der Waals surface area contributed by atoms with Crippen molar-refractivity contribution in [1.82, 2.24) is 10.3 Å². The van der Waals surface area contributed by atoms with Gasteiger partial charge in [0.25, 0.3) is 0 Å². The molecule has 0 radical (unpaired) electrons. The first kappa shape index (κ1) is 15.1. The number of hydrogen-bond acceptors (Lipinski definition) is 4. The molecule has 0 atom stereocenters. The summed E-state index contributed by atoms with van der Waals surface area (Å²) in [6.07, 6.45) is 1.57. The zero-order valence-electron chi connectivity index (χ0n) is 11.7. The molecule has 1 aromatic heterocycles. The third kappa shape index (κ3) is 3.30. The molecule has 0 saturated heterocycles. The van der Waals surface area contributed by atoms with Gasteiger partial charge in [0.2, 0.25) is 0 Å². The highest BCUT2D eigenvalue weighted by atomic mass is 16.4. The first-order valence-corrected chi connectivity index (χ1v) is 6.04. The minimum absolute atomic E-state index is 0.356. The summed E-state index contributed by atoms with van der Waals surface area (Å²) in [6, 6.07) is 5.47. The Morgan fingerprint density at radius 2 is 2.11 bits per heavy atom. The van der Waals surface area contributed by atoms with Gasteiger partial charge >= 0.3 is 5.97 Å². The van der Waals surface area contributed by atoms with Crippen LogP contribution in [-0.2, 0) is 11.3 Å². The van der Waals surface area contributed by atoms with E-state index in [-0.39, 0.29) is 0 Å². The topological polar surface area (TPSA) is 86.0 Å². The number of rotatable bonds is 5. The molecule has 0 unspecified atom stereocenters. The molecule has 19 heavy (non-hydrogen) atoms. The minimum atomic E-state index is -0.905. The number of nitrogens with zero attached hydrogens (tertiary/aromatic N) is 2. The van der Waals surface area contributed by atoms with Crippen LogP contribution in [0.3, 0.4) is 0 Å². The van der Waals surface area contributed by atoms with E-state index in [1.807, 2.05) is 19.9 Å². The van der Waals surface area contributed by atoms with Crippen molar-refractivity contribution in [1.29, 1.82) is 5.26 Å². The molecule has 1 rings (SSSR count). The molecule has 1 aromatic rings. The van der Waals surface area contributed by atoms with Crippen LogP contribution in [0.1, 0.15) is 39.0 Å². The molecule has 0 saturated carbocycles. The number of carbonyl (C=O) groups is 1. The van der Waals surface area contributed by atoms with Crippen molar-refractivity contribution in [3.63, 3.8) is 0 Å². The molecule has 0 amide bonds. The molecular weight excluding hydrogens is 242 g/mol. The van der Waals surface area contributed by atoms with Crippen molar-refractivity contribution in [2.24, 2.45) is 5.41 Å². The summed E-state index contributed by atoms with van der Waals surface area (Å²) in [5.74, 6) is -0.850. The second-order valence-electron chi connectivity index (χ2n) is 5.57. The summed E-state index contributed by atoms with van der Waals surface area (Å²) in [5.41, 5.74) is -0.233. The highest BCUT2D eigenvalue weighted by Gasteiger charge is 2.42. The van der Waals surface area contributed by atoms with E-state index in [1.165, 1.54) is 0 Å². The minimum Gasteiger partial charge on any atom is -0.481 e. The number of nitrogens with one attached hydrogen (secondary N) is 1. The van der Waals surface area contributed by atoms with Gasteiger partial charge in [-0.25, -0.2) is 4.98 Å². The third-order valence-corrected chi connectivity index (χ3v) is 3.77. The number of hydrogen-bond donors (Lipinski definition) is 2. The van der Waals surface area contributed by atoms with Crippen LogP contribution >= 0.6 is 0 Å². The molecular formula is C14H19N3O2. The number of aromatic nitrogens is 1. The van der Waals surface area contributed by atoms with Crippen LogP contribution in [0.4, 0.5) is 0 Å². The smallest absolute Gasteiger partial charge is 0.310 e. The highest BCUT2D eigenvalue weighted by molar-refractivity contribution is 5.75.